The van der Waals surface area contributed by atoms with Gasteiger partial charge in [-0.2, -0.15) is 0 Å². The minimum Gasteiger partial charge on any atom is -0.0149 e. The zero-order valence-electron chi connectivity index (χ0n) is 1.46. The summed E-state index contributed by atoms with van der Waals surface area (Å²) in [5.74, 6) is 0. The number of rotatable bonds is 0. The molecule has 0 aliphatic rings. The molecule has 0 nitrogen and oxygen atoms in total. The fourth-order valence-electron chi connectivity index (χ4n) is 0. The van der Waals surface area contributed by atoms with Crippen LogP contribution in [0.15, 0.2) is 0 Å². The second kappa shape index (κ2) is 33.7. The van der Waals surface area contributed by atoms with Gasteiger partial charge in [0.25, 0.3) is 0 Å². The quantitative estimate of drug-likeness (QED) is 0.463. The summed E-state index contributed by atoms with van der Waals surface area (Å²) in [4.78, 5) is 0. The summed E-state index contributed by atoms with van der Waals surface area (Å²) in [5.41, 5.74) is 0. The Morgan fingerprint density at radius 1 is 1.00 bits per heavy atom. The largest absolute Gasteiger partial charge is 0.0149 e. The van der Waals surface area contributed by atoms with Crippen LogP contribution in [-0.2, 0) is 68.0 Å². The molecule has 0 aliphatic carbocycles. The number of hydrogen-bond acceptors (Lipinski definition) is 0. The van der Waals surface area contributed by atoms with E-state index in [1.54, 1.807) is 0 Å². The van der Waals surface area contributed by atoms with Gasteiger partial charge in [-0.1, -0.05) is 0 Å². The molecule has 39 valence electrons. The minimum atomic E-state index is 0. The van der Waals surface area contributed by atoms with Gasteiger partial charge in [0, 0.05) is 68.0 Å². The van der Waals surface area contributed by atoms with Crippen LogP contribution in [0.3, 0.4) is 0 Å². The molecule has 0 saturated carbocycles. The summed E-state index contributed by atoms with van der Waals surface area (Å²) in [6, 6.07) is 0. The van der Waals surface area contributed by atoms with Crippen LogP contribution < -0.4 is 0 Å². The molecule has 0 aromatic heterocycles. The Balaban J connectivity index is 0. The molecule has 0 amide bonds. The summed E-state index contributed by atoms with van der Waals surface area (Å²) in [7, 11) is 0. The summed E-state index contributed by atoms with van der Waals surface area (Å²) in [6.07, 6.45) is 0. The van der Waals surface area contributed by atoms with Crippen LogP contribution in [0.4, 0.5) is 0 Å². The van der Waals surface area contributed by atoms with E-state index in [4.69, 9.17) is 0 Å². The van der Waals surface area contributed by atoms with Crippen molar-refractivity contribution in [1.82, 2.24) is 0 Å². The molecule has 5 heavy (non-hydrogen) atoms. The third-order valence-corrected chi connectivity index (χ3v) is 0. The topological polar surface area (TPSA) is 0 Å². The van der Waals surface area contributed by atoms with E-state index in [0.717, 1.165) is 0 Å². The molecule has 0 N–H and O–H groups in total. The maximum absolute atomic E-state index is 0. The Hall–Kier alpha value is 2.28. The molecular formula is H4CrFeMnNiSi. The molecule has 0 bridgehead atoms. The molecule has 0 aromatic carbocycles. The summed E-state index contributed by atoms with van der Waals surface area (Å²) < 4.78 is 0. The zero-order chi connectivity index (χ0) is 0. The normalized spacial score (nSPS) is 0. The first-order valence-electron chi connectivity index (χ1n) is 0. The van der Waals surface area contributed by atoms with Gasteiger partial charge in [0.2, 0.25) is 0 Å². The molecular weight excluding hydrogens is 250 g/mol. The van der Waals surface area contributed by atoms with E-state index in [0.29, 0.717) is 0 Å². The molecule has 0 aromatic rings. The van der Waals surface area contributed by atoms with Crippen molar-refractivity contribution in [2.45, 2.75) is 0 Å². The first-order valence-corrected chi connectivity index (χ1v) is 0. The molecule has 0 fully saturated rings. The van der Waals surface area contributed by atoms with Gasteiger partial charge in [0.05, 0.1) is 0 Å². The number of hydrogen-bond donors (Lipinski definition) is 0. The molecule has 0 heterocycles. The average molecular weight is 254 g/mol. The predicted octanol–water partition coefficient (Wildman–Crippen LogP) is -1.46. The van der Waals surface area contributed by atoms with E-state index < -0.39 is 0 Å². The van der Waals surface area contributed by atoms with E-state index in [2.05, 4.69) is 0 Å². The molecule has 0 spiro atoms. The van der Waals surface area contributed by atoms with E-state index in [1.807, 2.05) is 0 Å². The average Bonchev–Trinajstić information content (AvgIpc) is 0. The molecule has 0 unspecified atom stereocenters. The minimum absolute atomic E-state index is 0. The van der Waals surface area contributed by atoms with Crippen LogP contribution in [0.25, 0.3) is 0 Å². The molecule has 0 aliphatic heterocycles. The van der Waals surface area contributed by atoms with E-state index in [1.165, 1.54) is 0 Å². The van der Waals surface area contributed by atoms with Crippen molar-refractivity contribution >= 4 is 11.0 Å². The van der Waals surface area contributed by atoms with Gasteiger partial charge >= 0.3 is 0 Å². The first kappa shape index (κ1) is 55.2. The first-order chi connectivity index (χ1) is 0. The molecule has 0 atom stereocenters. The van der Waals surface area contributed by atoms with E-state index in [-0.39, 0.29) is 79.0 Å². The summed E-state index contributed by atoms with van der Waals surface area (Å²) in [6.45, 7) is 0. The Morgan fingerprint density at radius 2 is 1.00 bits per heavy atom. The standard InChI is InChI=1S/Cr.Fe.Mn.Ni.H4Si/h;;;;1H4. The van der Waals surface area contributed by atoms with Crippen molar-refractivity contribution in [3.8, 4) is 0 Å². The Bertz CT molecular complexity index is 11.6. The summed E-state index contributed by atoms with van der Waals surface area (Å²) in [5, 5.41) is 0. The van der Waals surface area contributed by atoms with Gasteiger partial charge in [-0.15, -0.1) is 0 Å². The maximum Gasteiger partial charge on any atom is 0 e. The fourth-order valence-corrected chi connectivity index (χ4v) is 0. The van der Waals surface area contributed by atoms with Crippen LogP contribution in [0, 0.1) is 0 Å². The Kier molecular flexibility index (Phi) is 372. The molecule has 0 rings (SSSR count). The van der Waals surface area contributed by atoms with Gasteiger partial charge in [-0.25, -0.2) is 0 Å². The van der Waals surface area contributed by atoms with Crippen LogP contribution >= 0.6 is 0 Å². The second-order valence-electron chi connectivity index (χ2n) is 0. The summed E-state index contributed by atoms with van der Waals surface area (Å²) >= 11 is 0. The SMILES string of the molecule is [Cr].[Fe].[Mn].[Ni].[SiH4]. The molecule has 5 heteroatoms. The van der Waals surface area contributed by atoms with Gasteiger partial charge in [0.15, 0.2) is 0 Å². The van der Waals surface area contributed by atoms with E-state index >= 15 is 0 Å². The van der Waals surface area contributed by atoms with Crippen molar-refractivity contribution in [2.75, 3.05) is 0 Å². The third kappa shape index (κ3) is 22.1. The van der Waals surface area contributed by atoms with Gasteiger partial charge < -0.3 is 0 Å². The molecule has 0 saturated heterocycles. The van der Waals surface area contributed by atoms with Crippen molar-refractivity contribution in [3.63, 3.8) is 0 Å². The van der Waals surface area contributed by atoms with Crippen LogP contribution in [0.1, 0.15) is 0 Å². The van der Waals surface area contributed by atoms with Crippen molar-refractivity contribution in [2.24, 2.45) is 0 Å². The van der Waals surface area contributed by atoms with Crippen LogP contribution in [0.2, 0.25) is 0 Å². The van der Waals surface area contributed by atoms with Crippen molar-refractivity contribution < 1.29 is 68.0 Å². The molecule has 1 radical (unpaired) electrons. The fraction of sp³-hybridized carbons (Fsp3) is 0. The third-order valence-electron chi connectivity index (χ3n) is 0. The van der Waals surface area contributed by atoms with Crippen LogP contribution in [-0.4, -0.2) is 11.0 Å². The smallest absolute Gasteiger partial charge is 0 e. The van der Waals surface area contributed by atoms with Crippen molar-refractivity contribution in [1.29, 1.82) is 0 Å². The Labute approximate surface area is 78.3 Å². The maximum atomic E-state index is 0. The van der Waals surface area contributed by atoms with Crippen LogP contribution in [0.5, 0.6) is 0 Å². The van der Waals surface area contributed by atoms with Gasteiger partial charge in [-0.3, -0.25) is 0 Å². The van der Waals surface area contributed by atoms with E-state index in [9.17, 15) is 0 Å². The Morgan fingerprint density at radius 3 is 1.00 bits per heavy atom. The van der Waals surface area contributed by atoms with Gasteiger partial charge in [-0.05, 0) is 11.0 Å². The van der Waals surface area contributed by atoms with Gasteiger partial charge in [0.1, 0.15) is 0 Å². The monoisotopic (exact) mass is 253 g/mol. The second-order valence-corrected chi connectivity index (χ2v) is 0. The van der Waals surface area contributed by atoms with Crippen molar-refractivity contribution in [3.05, 3.63) is 0 Å². The predicted molar refractivity (Wildman–Crippen MR) is 11.3 cm³/mol. The zero-order valence-corrected chi connectivity index (χ0v) is 6.00.